The first-order chi connectivity index (χ1) is 7.54. The van der Waals surface area contributed by atoms with Crippen LogP contribution in [-0.2, 0) is 0 Å². The minimum Gasteiger partial charge on any atom is -0.394 e. The Bertz CT molecular complexity index is 386. The third-order valence-electron chi connectivity index (χ3n) is 2.04. The SMILES string of the molecule is CC(=O)c1c[nH]c(C(=O)NCC(O)CO)c1. The van der Waals surface area contributed by atoms with Gasteiger partial charge in [-0.15, -0.1) is 0 Å². The van der Waals surface area contributed by atoms with Crippen LogP contribution >= 0.6 is 0 Å². The van der Waals surface area contributed by atoms with Crippen molar-refractivity contribution in [1.82, 2.24) is 10.3 Å². The van der Waals surface area contributed by atoms with Crippen molar-refractivity contribution in [3.05, 3.63) is 23.5 Å². The van der Waals surface area contributed by atoms with E-state index in [1.165, 1.54) is 19.2 Å². The number of rotatable bonds is 5. The average molecular weight is 226 g/mol. The molecule has 0 fully saturated rings. The fourth-order valence-corrected chi connectivity index (χ4v) is 1.10. The van der Waals surface area contributed by atoms with Crippen LogP contribution in [0.3, 0.4) is 0 Å². The van der Waals surface area contributed by atoms with E-state index in [4.69, 9.17) is 10.2 Å². The summed E-state index contributed by atoms with van der Waals surface area (Å²) in [7, 11) is 0. The molecule has 0 aliphatic heterocycles. The lowest BCUT2D eigenvalue weighted by Crippen LogP contribution is -2.34. The molecule has 1 amide bonds. The minimum atomic E-state index is -0.980. The maximum atomic E-state index is 11.5. The fraction of sp³-hybridized carbons (Fsp3) is 0.400. The number of ketones is 1. The van der Waals surface area contributed by atoms with Gasteiger partial charge in [-0.3, -0.25) is 9.59 Å². The highest BCUT2D eigenvalue weighted by Gasteiger charge is 2.11. The number of hydrogen-bond donors (Lipinski definition) is 4. The van der Waals surface area contributed by atoms with Crippen LogP contribution < -0.4 is 5.32 Å². The number of aromatic nitrogens is 1. The molecular formula is C10H14N2O4. The van der Waals surface area contributed by atoms with Crippen molar-refractivity contribution in [2.45, 2.75) is 13.0 Å². The van der Waals surface area contributed by atoms with E-state index in [1.807, 2.05) is 0 Å². The van der Waals surface area contributed by atoms with Crippen molar-refractivity contribution in [1.29, 1.82) is 0 Å². The van der Waals surface area contributed by atoms with Gasteiger partial charge in [0.05, 0.1) is 12.7 Å². The smallest absolute Gasteiger partial charge is 0.267 e. The number of carbonyl (C=O) groups excluding carboxylic acids is 2. The van der Waals surface area contributed by atoms with Crippen LogP contribution in [0.4, 0.5) is 0 Å². The van der Waals surface area contributed by atoms with Crippen molar-refractivity contribution in [2.75, 3.05) is 13.2 Å². The summed E-state index contributed by atoms with van der Waals surface area (Å²) in [5, 5.41) is 20.0. The third-order valence-corrected chi connectivity index (χ3v) is 2.04. The molecule has 0 saturated heterocycles. The number of carbonyl (C=O) groups is 2. The molecule has 1 rings (SSSR count). The largest absolute Gasteiger partial charge is 0.394 e. The minimum absolute atomic E-state index is 0.0379. The molecule has 6 heteroatoms. The van der Waals surface area contributed by atoms with Gasteiger partial charge in [-0.05, 0) is 13.0 Å². The zero-order valence-corrected chi connectivity index (χ0v) is 8.86. The fourth-order valence-electron chi connectivity index (χ4n) is 1.10. The van der Waals surface area contributed by atoms with Crippen LogP contribution in [0.25, 0.3) is 0 Å². The molecule has 16 heavy (non-hydrogen) atoms. The molecule has 1 aromatic rings. The quantitative estimate of drug-likeness (QED) is 0.498. The molecule has 88 valence electrons. The summed E-state index contributed by atoms with van der Waals surface area (Å²) in [5.74, 6) is -0.564. The van der Waals surface area contributed by atoms with Crippen molar-refractivity contribution in [3.63, 3.8) is 0 Å². The first-order valence-corrected chi connectivity index (χ1v) is 4.81. The van der Waals surface area contributed by atoms with E-state index in [0.29, 0.717) is 5.56 Å². The van der Waals surface area contributed by atoms with E-state index in [9.17, 15) is 9.59 Å². The summed E-state index contributed by atoms with van der Waals surface area (Å²) in [6.45, 7) is 0.952. The predicted octanol–water partition coefficient (Wildman–Crippen LogP) is -0.700. The molecule has 1 atom stereocenters. The topological polar surface area (TPSA) is 102 Å². The second kappa shape index (κ2) is 5.43. The third kappa shape index (κ3) is 3.18. The van der Waals surface area contributed by atoms with Crippen LogP contribution in [0, 0.1) is 0 Å². The Balaban J connectivity index is 2.56. The first-order valence-electron chi connectivity index (χ1n) is 4.81. The summed E-state index contributed by atoms with van der Waals surface area (Å²) in [5.41, 5.74) is 0.670. The monoisotopic (exact) mass is 226 g/mol. The Morgan fingerprint density at radius 2 is 2.25 bits per heavy atom. The number of nitrogens with one attached hydrogen (secondary N) is 2. The number of aliphatic hydroxyl groups is 2. The number of hydrogen-bond acceptors (Lipinski definition) is 4. The van der Waals surface area contributed by atoms with E-state index < -0.39 is 18.6 Å². The Morgan fingerprint density at radius 1 is 1.56 bits per heavy atom. The van der Waals surface area contributed by atoms with Crippen LogP contribution in [0.2, 0.25) is 0 Å². The van der Waals surface area contributed by atoms with Gasteiger partial charge < -0.3 is 20.5 Å². The summed E-state index contributed by atoms with van der Waals surface area (Å²) >= 11 is 0. The second-order valence-electron chi connectivity index (χ2n) is 3.40. The lowest BCUT2D eigenvalue weighted by Gasteiger charge is -2.07. The molecule has 0 bridgehead atoms. The molecule has 1 heterocycles. The predicted molar refractivity (Wildman–Crippen MR) is 56.2 cm³/mol. The molecule has 0 aliphatic rings. The molecule has 0 aromatic carbocycles. The molecular weight excluding hydrogens is 212 g/mol. The number of aliphatic hydroxyl groups excluding tert-OH is 2. The van der Waals surface area contributed by atoms with Crippen molar-refractivity contribution in [3.8, 4) is 0 Å². The molecule has 4 N–H and O–H groups in total. The highest BCUT2D eigenvalue weighted by molar-refractivity contribution is 5.99. The number of amides is 1. The molecule has 0 spiro atoms. The zero-order valence-electron chi connectivity index (χ0n) is 8.86. The first kappa shape index (κ1) is 12.4. The van der Waals surface area contributed by atoms with E-state index >= 15 is 0 Å². The Kier molecular flexibility index (Phi) is 4.21. The normalized spacial score (nSPS) is 12.2. The van der Waals surface area contributed by atoms with Gasteiger partial charge in [0.15, 0.2) is 5.78 Å². The van der Waals surface area contributed by atoms with E-state index in [2.05, 4.69) is 10.3 Å². The van der Waals surface area contributed by atoms with Crippen LogP contribution in [0.5, 0.6) is 0 Å². The summed E-state index contributed by atoms with van der Waals surface area (Å²) in [4.78, 5) is 25.1. The zero-order chi connectivity index (χ0) is 12.1. The lowest BCUT2D eigenvalue weighted by atomic mass is 10.2. The van der Waals surface area contributed by atoms with E-state index in [-0.39, 0.29) is 18.0 Å². The van der Waals surface area contributed by atoms with Gasteiger partial charge in [0.2, 0.25) is 0 Å². The summed E-state index contributed by atoms with van der Waals surface area (Å²) in [6.07, 6.45) is 0.464. The molecule has 0 radical (unpaired) electrons. The number of aromatic amines is 1. The molecule has 0 saturated carbocycles. The summed E-state index contributed by atoms with van der Waals surface area (Å²) < 4.78 is 0. The van der Waals surface area contributed by atoms with Gasteiger partial charge in [-0.2, -0.15) is 0 Å². The van der Waals surface area contributed by atoms with Gasteiger partial charge in [-0.25, -0.2) is 0 Å². The number of H-pyrrole nitrogens is 1. The van der Waals surface area contributed by atoms with Gasteiger partial charge in [0.25, 0.3) is 5.91 Å². The van der Waals surface area contributed by atoms with Crippen LogP contribution in [-0.4, -0.2) is 46.1 Å². The standard InChI is InChI=1S/C10H14N2O4/c1-6(14)7-2-9(11-3-7)10(16)12-4-8(15)5-13/h2-3,8,11,13,15H,4-5H2,1H3,(H,12,16). The van der Waals surface area contributed by atoms with E-state index in [0.717, 1.165) is 0 Å². The van der Waals surface area contributed by atoms with Crippen molar-refractivity contribution < 1.29 is 19.8 Å². The average Bonchev–Trinajstić information content (AvgIpc) is 2.74. The van der Waals surface area contributed by atoms with Gasteiger partial charge in [-0.1, -0.05) is 0 Å². The molecule has 0 aliphatic carbocycles. The van der Waals surface area contributed by atoms with Gasteiger partial charge in [0, 0.05) is 18.3 Å². The number of Topliss-reactive ketones (excluding diaryl/α,β-unsaturated/α-hetero) is 1. The highest BCUT2D eigenvalue weighted by atomic mass is 16.3. The van der Waals surface area contributed by atoms with Crippen molar-refractivity contribution >= 4 is 11.7 Å². The highest BCUT2D eigenvalue weighted by Crippen LogP contribution is 2.03. The maximum absolute atomic E-state index is 11.5. The Labute approximate surface area is 92.3 Å². The molecule has 1 aromatic heterocycles. The molecule has 1 unspecified atom stereocenters. The Morgan fingerprint density at radius 3 is 2.75 bits per heavy atom. The lowest BCUT2D eigenvalue weighted by molar-refractivity contribution is 0.0799. The second-order valence-corrected chi connectivity index (χ2v) is 3.40. The van der Waals surface area contributed by atoms with E-state index in [1.54, 1.807) is 0 Å². The molecule has 6 nitrogen and oxygen atoms in total. The van der Waals surface area contributed by atoms with Gasteiger partial charge >= 0.3 is 0 Å². The van der Waals surface area contributed by atoms with Gasteiger partial charge in [0.1, 0.15) is 5.69 Å². The van der Waals surface area contributed by atoms with Crippen molar-refractivity contribution in [2.24, 2.45) is 0 Å². The maximum Gasteiger partial charge on any atom is 0.267 e. The Hall–Kier alpha value is -1.66. The van der Waals surface area contributed by atoms with Crippen LogP contribution in [0.1, 0.15) is 27.8 Å². The van der Waals surface area contributed by atoms with Crippen LogP contribution in [0.15, 0.2) is 12.3 Å². The summed E-state index contributed by atoms with van der Waals surface area (Å²) in [6, 6.07) is 1.43.